The Balaban J connectivity index is 2.38. The van der Waals surface area contributed by atoms with E-state index in [1.54, 1.807) is 0 Å². The van der Waals surface area contributed by atoms with Gasteiger partial charge in [-0.3, -0.25) is 0 Å². The molecule has 0 spiro atoms. The molecule has 0 saturated heterocycles. The summed E-state index contributed by atoms with van der Waals surface area (Å²) in [5.41, 5.74) is 4.60. The van der Waals surface area contributed by atoms with Gasteiger partial charge < -0.3 is 4.74 Å². The van der Waals surface area contributed by atoms with Gasteiger partial charge in [0.15, 0.2) is 0 Å². The van der Waals surface area contributed by atoms with Crippen molar-refractivity contribution >= 4 is 11.5 Å². The van der Waals surface area contributed by atoms with Gasteiger partial charge >= 0.3 is 5.97 Å². The van der Waals surface area contributed by atoms with Gasteiger partial charge in [-0.25, -0.2) is 4.79 Å². The van der Waals surface area contributed by atoms with E-state index < -0.39 is 5.97 Å². The van der Waals surface area contributed by atoms with Crippen molar-refractivity contribution in [2.24, 2.45) is 0 Å². The van der Waals surface area contributed by atoms with E-state index in [2.05, 4.69) is 23.4 Å². The number of benzene rings is 2. The number of carbonyl (C=O) groups is 1. The summed E-state index contributed by atoms with van der Waals surface area (Å²) in [4.78, 5) is 11.5. The number of methoxy groups -OCH3 is 1. The van der Waals surface area contributed by atoms with Crippen LogP contribution in [0.5, 0.6) is 0 Å². The van der Waals surface area contributed by atoms with Crippen LogP contribution in [0, 0.1) is 6.92 Å². The average molecular weight is 252 g/mol. The Morgan fingerprint density at radius 3 is 2.37 bits per heavy atom. The molecule has 0 fully saturated rings. The molecule has 2 rings (SSSR count). The van der Waals surface area contributed by atoms with E-state index in [4.69, 9.17) is 0 Å². The zero-order chi connectivity index (χ0) is 13.8. The van der Waals surface area contributed by atoms with E-state index in [0.717, 1.165) is 22.3 Å². The maximum Gasteiger partial charge on any atom is 0.337 e. The largest absolute Gasteiger partial charge is 0.465 e. The number of hydrogen-bond donors (Lipinski definition) is 0. The highest BCUT2D eigenvalue weighted by atomic mass is 16.5. The molecular formula is C17H16O2. The zero-order valence-electron chi connectivity index (χ0n) is 11.1. The van der Waals surface area contributed by atoms with Crippen LogP contribution in [-0.4, -0.2) is 13.1 Å². The molecule has 0 aliphatic heterocycles. The van der Waals surface area contributed by atoms with Crippen molar-refractivity contribution < 1.29 is 9.53 Å². The lowest BCUT2D eigenvalue weighted by Gasteiger charge is -2.09. The molecule has 0 amide bonds. The molecule has 2 nitrogen and oxygen atoms in total. The summed E-state index contributed by atoms with van der Waals surface area (Å²) in [6, 6.07) is 16.0. The van der Waals surface area contributed by atoms with Crippen molar-refractivity contribution in [3.63, 3.8) is 0 Å². The fourth-order valence-corrected chi connectivity index (χ4v) is 2.03. The number of carbonyl (C=O) groups excluding carboxylic acids is 1. The predicted octanol–water partition coefficient (Wildman–Crippen LogP) is 3.85. The van der Waals surface area contributed by atoms with Crippen LogP contribution in [0.3, 0.4) is 0 Å². The molecule has 2 aromatic rings. The highest BCUT2D eigenvalue weighted by Crippen LogP contribution is 2.26. The first-order valence-corrected chi connectivity index (χ1v) is 6.07. The van der Waals surface area contributed by atoms with E-state index in [9.17, 15) is 4.79 Å². The summed E-state index contributed by atoms with van der Waals surface area (Å²) >= 11 is 0. The summed E-state index contributed by atoms with van der Waals surface area (Å²) in [5, 5.41) is 0. The summed E-state index contributed by atoms with van der Waals surface area (Å²) < 4.78 is 4.68. The molecule has 96 valence electrons. The van der Waals surface area contributed by atoms with Gasteiger partial charge in [-0.15, -0.1) is 0 Å². The minimum atomic E-state index is -0.396. The molecule has 2 aromatic carbocycles. The van der Waals surface area contributed by atoms with Crippen LogP contribution in [0.25, 0.3) is 16.7 Å². The molecule has 0 aliphatic rings. The number of hydrogen-bond acceptors (Lipinski definition) is 2. The molecule has 0 saturated carbocycles. The number of esters is 1. The molecule has 19 heavy (non-hydrogen) atoms. The lowest BCUT2D eigenvalue weighted by Crippen LogP contribution is -2.02. The van der Waals surface area contributed by atoms with Crippen LogP contribution in [0.15, 0.2) is 55.1 Å². The van der Waals surface area contributed by atoms with Crippen LogP contribution in [0.1, 0.15) is 11.1 Å². The summed E-state index contributed by atoms with van der Waals surface area (Å²) in [7, 11) is 1.36. The van der Waals surface area contributed by atoms with Gasteiger partial charge in [-0.1, -0.05) is 55.1 Å². The molecule has 0 unspecified atom stereocenters. The summed E-state index contributed by atoms with van der Waals surface area (Å²) in [6.07, 6.45) is 0. The van der Waals surface area contributed by atoms with Crippen LogP contribution in [-0.2, 0) is 9.53 Å². The van der Waals surface area contributed by atoms with Crippen molar-refractivity contribution in [3.05, 3.63) is 66.2 Å². The van der Waals surface area contributed by atoms with Crippen LogP contribution in [0.2, 0.25) is 0 Å². The van der Waals surface area contributed by atoms with E-state index in [1.165, 1.54) is 7.11 Å². The topological polar surface area (TPSA) is 26.3 Å². The first-order valence-electron chi connectivity index (χ1n) is 6.07. The minimum absolute atomic E-state index is 0.380. The molecule has 0 atom stereocenters. The van der Waals surface area contributed by atoms with Gasteiger partial charge in [0.25, 0.3) is 0 Å². The Labute approximate surface area is 113 Å². The highest BCUT2D eigenvalue weighted by Gasteiger charge is 2.11. The van der Waals surface area contributed by atoms with E-state index >= 15 is 0 Å². The molecule has 2 heteroatoms. The lowest BCUT2D eigenvalue weighted by molar-refractivity contribution is -0.133. The van der Waals surface area contributed by atoms with Crippen LogP contribution < -0.4 is 0 Å². The summed E-state index contributed by atoms with van der Waals surface area (Å²) in [6.45, 7) is 5.79. The molecule has 0 heterocycles. The molecular weight excluding hydrogens is 236 g/mol. The fraction of sp³-hybridized carbons (Fsp3) is 0.118. The smallest absolute Gasteiger partial charge is 0.337 e. The highest BCUT2D eigenvalue weighted by molar-refractivity contribution is 6.15. The van der Waals surface area contributed by atoms with Crippen molar-refractivity contribution in [2.75, 3.05) is 7.11 Å². The third kappa shape index (κ3) is 2.74. The van der Waals surface area contributed by atoms with Crippen molar-refractivity contribution in [2.45, 2.75) is 6.92 Å². The van der Waals surface area contributed by atoms with Crippen molar-refractivity contribution in [1.82, 2.24) is 0 Å². The van der Waals surface area contributed by atoms with Gasteiger partial charge in [0.1, 0.15) is 0 Å². The first-order chi connectivity index (χ1) is 9.13. The van der Waals surface area contributed by atoms with E-state index in [0.29, 0.717) is 5.57 Å². The second-order valence-corrected chi connectivity index (χ2v) is 4.37. The van der Waals surface area contributed by atoms with Gasteiger partial charge in [0.05, 0.1) is 12.7 Å². The average Bonchev–Trinajstić information content (AvgIpc) is 2.46. The molecule has 0 aliphatic carbocycles. The van der Waals surface area contributed by atoms with Gasteiger partial charge in [-0.05, 0) is 29.2 Å². The standard InChI is InChI=1S/C17H16O2/c1-12-11-15(13(2)17(18)19-3)9-10-16(12)14-7-5-4-6-8-14/h4-11H,2H2,1,3H3. The van der Waals surface area contributed by atoms with Gasteiger partial charge in [0.2, 0.25) is 0 Å². The van der Waals surface area contributed by atoms with E-state index in [-0.39, 0.29) is 0 Å². The SMILES string of the molecule is C=C(C(=O)OC)c1ccc(-c2ccccc2)c(C)c1. The Bertz CT molecular complexity index is 612. The Hall–Kier alpha value is -2.35. The fourth-order valence-electron chi connectivity index (χ4n) is 2.03. The normalized spacial score (nSPS) is 10.0. The maximum atomic E-state index is 11.5. The second-order valence-electron chi connectivity index (χ2n) is 4.37. The predicted molar refractivity (Wildman–Crippen MR) is 77.7 cm³/mol. The molecule has 0 aromatic heterocycles. The van der Waals surface area contributed by atoms with Gasteiger partial charge in [-0.2, -0.15) is 0 Å². The maximum absolute atomic E-state index is 11.5. The third-order valence-corrected chi connectivity index (χ3v) is 3.09. The Morgan fingerprint density at radius 2 is 1.79 bits per heavy atom. The zero-order valence-corrected chi connectivity index (χ0v) is 11.1. The van der Waals surface area contributed by atoms with Crippen molar-refractivity contribution in [1.29, 1.82) is 0 Å². The van der Waals surface area contributed by atoms with Crippen molar-refractivity contribution in [3.8, 4) is 11.1 Å². The third-order valence-electron chi connectivity index (χ3n) is 3.09. The lowest BCUT2D eigenvalue weighted by atomic mass is 9.96. The quantitative estimate of drug-likeness (QED) is 0.612. The first kappa shape index (κ1) is 13.1. The van der Waals surface area contributed by atoms with Crippen LogP contribution >= 0.6 is 0 Å². The molecule has 0 N–H and O–H groups in total. The van der Waals surface area contributed by atoms with Gasteiger partial charge in [0, 0.05) is 0 Å². The Kier molecular flexibility index (Phi) is 3.81. The molecule has 0 radical (unpaired) electrons. The number of rotatable bonds is 3. The molecule has 0 bridgehead atoms. The summed E-state index contributed by atoms with van der Waals surface area (Å²) in [5.74, 6) is -0.396. The number of aryl methyl sites for hydroxylation is 1. The second kappa shape index (κ2) is 5.53. The number of ether oxygens (including phenoxy) is 1. The minimum Gasteiger partial charge on any atom is -0.465 e. The van der Waals surface area contributed by atoms with Crippen LogP contribution in [0.4, 0.5) is 0 Å². The van der Waals surface area contributed by atoms with E-state index in [1.807, 2.05) is 43.3 Å². The Morgan fingerprint density at radius 1 is 1.11 bits per heavy atom. The monoisotopic (exact) mass is 252 g/mol.